The van der Waals surface area contributed by atoms with Gasteiger partial charge in [0.05, 0.1) is 5.60 Å². The van der Waals surface area contributed by atoms with Gasteiger partial charge in [-0.1, -0.05) is 6.42 Å². The third-order valence-electron chi connectivity index (χ3n) is 7.95. The van der Waals surface area contributed by atoms with Gasteiger partial charge in [-0.15, -0.1) is 0 Å². The second-order valence-electron chi connectivity index (χ2n) is 11.1. The average Bonchev–Trinajstić information content (AvgIpc) is 3.13. The first-order valence-corrected chi connectivity index (χ1v) is 13.1. The summed E-state index contributed by atoms with van der Waals surface area (Å²) in [7, 11) is 0. The maximum atomic E-state index is 13.0. The number of benzene rings is 1. The summed E-state index contributed by atoms with van der Waals surface area (Å²) in [5.74, 6) is 0.570. The van der Waals surface area contributed by atoms with Crippen LogP contribution in [-0.2, 0) is 20.9 Å². The Morgan fingerprint density at radius 3 is 2.77 bits per heavy atom. The largest absolute Gasteiger partial charge is 0.489 e. The van der Waals surface area contributed by atoms with Crippen LogP contribution in [0.25, 0.3) is 0 Å². The van der Waals surface area contributed by atoms with Gasteiger partial charge in [0.2, 0.25) is 11.8 Å². The Morgan fingerprint density at radius 2 is 1.97 bits per heavy atom. The summed E-state index contributed by atoms with van der Waals surface area (Å²) in [5.41, 5.74) is 1.45. The molecule has 0 bridgehead atoms. The SMILES string of the molecule is CC1(C)CC(CN[C@H]2CCCCC2Oc2ccc3c(c2)CN(C2CCC(=O)NC2=O)C3=O)CCO1. The van der Waals surface area contributed by atoms with Crippen LogP contribution < -0.4 is 15.4 Å². The van der Waals surface area contributed by atoms with Gasteiger partial charge in [-0.05, 0) is 88.6 Å². The van der Waals surface area contributed by atoms with Gasteiger partial charge in [-0.3, -0.25) is 19.7 Å². The minimum absolute atomic E-state index is 0.0450. The van der Waals surface area contributed by atoms with E-state index in [-0.39, 0.29) is 35.8 Å². The number of nitrogens with zero attached hydrogens (tertiary/aromatic N) is 1. The summed E-state index contributed by atoms with van der Waals surface area (Å²) in [6.07, 6.45) is 7.35. The van der Waals surface area contributed by atoms with Gasteiger partial charge in [-0.25, -0.2) is 0 Å². The molecule has 1 saturated carbocycles. The number of piperidine rings is 1. The number of carbonyl (C=O) groups is 3. The van der Waals surface area contributed by atoms with Crippen molar-refractivity contribution in [3.63, 3.8) is 0 Å². The predicted molar refractivity (Wildman–Crippen MR) is 130 cm³/mol. The smallest absolute Gasteiger partial charge is 0.255 e. The molecular formula is C27H37N3O5. The van der Waals surface area contributed by atoms with Crippen molar-refractivity contribution < 1.29 is 23.9 Å². The van der Waals surface area contributed by atoms with Crippen LogP contribution in [0.15, 0.2) is 18.2 Å². The van der Waals surface area contributed by atoms with Gasteiger partial charge >= 0.3 is 0 Å². The topological polar surface area (TPSA) is 97.0 Å². The summed E-state index contributed by atoms with van der Waals surface area (Å²) in [6.45, 7) is 6.52. The third kappa shape index (κ3) is 5.38. The van der Waals surface area contributed by atoms with Crippen LogP contribution in [0.4, 0.5) is 0 Å². The predicted octanol–water partition coefficient (Wildman–Crippen LogP) is 2.93. The molecule has 3 fully saturated rings. The van der Waals surface area contributed by atoms with E-state index < -0.39 is 6.04 Å². The number of hydrogen-bond acceptors (Lipinski definition) is 6. The van der Waals surface area contributed by atoms with Crippen LogP contribution >= 0.6 is 0 Å². The molecule has 3 heterocycles. The Labute approximate surface area is 207 Å². The van der Waals surface area contributed by atoms with Crippen molar-refractivity contribution in [2.45, 2.75) is 95.5 Å². The van der Waals surface area contributed by atoms with Crippen LogP contribution in [0.5, 0.6) is 5.75 Å². The Bertz CT molecular complexity index is 993. The quantitative estimate of drug-likeness (QED) is 0.604. The second-order valence-corrected chi connectivity index (χ2v) is 11.1. The van der Waals surface area contributed by atoms with Crippen LogP contribution in [0, 0.1) is 5.92 Å². The van der Waals surface area contributed by atoms with Crippen molar-refractivity contribution >= 4 is 17.7 Å². The lowest BCUT2D eigenvalue weighted by Gasteiger charge is -2.38. The normalized spacial score (nSPS) is 30.7. The number of nitrogens with one attached hydrogen (secondary N) is 2. The van der Waals surface area contributed by atoms with Crippen molar-refractivity contribution in [2.24, 2.45) is 5.92 Å². The molecule has 190 valence electrons. The molecule has 3 unspecified atom stereocenters. The lowest BCUT2D eigenvalue weighted by Crippen LogP contribution is -2.52. The molecule has 1 aliphatic carbocycles. The molecule has 35 heavy (non-hydrogen) atoms. The van der Waals surface area contributed by atoms with E-state index in [1.165, 1.54) is 6.42 Å². The van der Waals surface area contributed by atoms with Crippen LogP contribution in [-0.4, -0.2) is 59.6 Å². The minimum atomic E-state index is -0.598. The summed E-state index contributed by atoms with van der Waals surface area (Å²) >= 11 is 0. The second kappa shape index (κ2) is 9.90. The van der Waals surface area contributed by atoms with E-state index in [1.54, 1.807) is 4.90 Å². The van der Waals surface area contributed by atoms with Crippen LogP contribution in [0.3, 0.4) is 0 Å². The minimum Gasteiger partial charge on any atom is -0.489 e. The molecule has 5 rings (SSSR count). The lowest BCUT2D eigenvalue weighted by atomic mass is 9.87. The number of ether oxygens (including phenoxy) is 2. The number of hydrogen-bond donors (Lipinski definition) is 2. The number of rotatable bonds is 6. The molecule has 1 aromatic carbocycles. The van der Waals surface area contributed by atoms with E-state index in [2.05, 4.69) is 24.5 Å². The van der Waals surface area contributed by atoms with E-state index >= 15 is 0 Å². The van der Waals surface area contributed by atoms with Crippen molar-refractivity contribution in [1.29, 1.82) is 0 Å². The van der Waals surface area contributed by atoms with E-state index in [9.17, 15) is 14.4 Å². The summed E-state index contributed by atoms with van der Waals surface area (Å²) in [5, 5.41) is 6.16. The van der Waals surface area contributed by atoms with Crippen molar-refractivity contribution in [3.8, 4) is 5.75 Å². The molecule has 0 aromatic heterocycles. The first-order valence-electron chi connectivity index (χ1n) is 13.1. The maximum Gasteiger partial charge on any atom is 0.255 e. The zero-order valence-corrected chi connectivity index (χ0v) is 20.8. The van der Waals surface area contributed by atoms with E-state index in [1.807, 2.05) is 18.2 Å². The molecular weight excluding hydrogens is 446 g/mol. The van der Waals surface area contributed by atoms with Gasteiger partial charge in [-0.2, -0.15) is 0 Å². The fraction of sp³-hybridized carbons (Fsp3) is 0.667. The first kappa shape index (κ1) is 24.3. The lowest BCUT2D eigenvalue weighted by molar-refractivity contribution is -0.136. The van der Waals surface area contributed by atoms with Gasteiger partial charge < -0.3 is 19.7 Å². The Hall–Kier alpha value is -2.45. The molecule has 1 aromatic rings. The first-order chi connectivity index (χ1) is 16.8. The zero-order valence-electron chi connectivity index (χ0n) is 20.8. The third-order valence-corrected chi connectivity index (χ3v) is 7.95. The van der Waals surface area contributed by atoms with Crippen molar-refractivity contribution in [1.82, 2.24) is 15.5 Å². The summed E-state index contributed by atoms with van der Waals surface area (Å²) < 4.78 is 12.4. The number of carbonyl (C=O) groups excluding carboxylic acids is 3. The standard InChI is InChI=1S/C27H37N3O5/c1-27(2)14-17(11-12-34-27)15-28-21-5-3-4-6-23(21)35-19-7-8-20-18(13-19)16-30(26(20)33)22-9-10-24(31)29-25(22)32/h7-8,13,17,21-23,28H,3-6,9-12,14-16H2,1-2H3,(H,29,31,32)/t17?,21-,22?,23?/m0/s1. The molecule has 3 aliphatic heterocycles. The highest BCUT2D eigenvalue weighted by atomic mass is 16.5. The number of imide groups is 1. The van der Waals surface area contributed by atoms with Crippen LogP contribution in [0.1, 0.15) is 81.1 Å². The van der Waals surface area contributed by atoms with Crippen molar-refractivity contribution in [2.75, 3.05) is 13.2 Å². The monoisotopic (exact) mass is 483 g/mol. The Kier molecular flexibility index (Phi) is 6.86. The highest BCUT2D eigenvalue weighted by molar-refractivity contribution is 6.05. The highest BCUT2D eigenvalue weighted by Gasteiger charge is 2.39. The molecule has 3 amide bonds. The Balaban J connectivity index is 1.21. The number of fused-ring (bicyclic) bond motifs is 1. The molecule has 4 aliphatic rings. The Morgan fingerprint density at radius 1 is 1.14 bits per heavy atom. The molecule has 4 atom stereocenters. The molecule has 0 radical (unpaired) electrons. The molecule has 2 saturated heterocycles. The van der Waals surface area contributed by atoms with Gasteiger partial charge in [0.1, 0.15) is 17.9 Å². The molecule has 8 nitrogen and oxygen atoms in total. The van der Waals surface area contributed by atoms with Crippen molar-refractivity contribution in [3.05, 3.63) is 29.3 Å². The highest BCUT2D eigenvalue weighted by Crippen LogP contribution is 2.32. The van der Waals surface area contributed by atoms with E-state index in [0.717, 1.165) is 56.6 Å². The number of amides is 3. The molecule has 0 spiro atoms. The van der Waals surface area contributed by atoms with Gasteiger partial charge in [0.15, 0.2) is 0 Å². The average molecular weight is 484 g/mol. The van der Waals surface area contributed by atoms with Gasteiger partial charge in [0.25, 0.3) is 5.91 Å². The molecule has 2 N–H and O–H groups in total. The fourth-order valence-electron chi connectivity index (χ4n) is 6.12. The maximum absolute atomic E-state index is 13.0. The van der Waals surface area contributed by atoms with E-state index in [4.69, 9.17) is 9.47 Å². The van der Waals surface area contributed by atoms with E-state index in [0.29, 0.717) is 30.5 Å². The van der Waals surface area contributed by atoms with Crippen LogP contribution in [0.2, 0.25) is 0 Å². The summed E-state index contributed by atoms with van der Waals surface area (Å²) in [6, 6.07) is 5.35. The zero-order chi connectivity index (χ0) is 24.6. The fourth-order valence-corrected chi connectivity index (χ4v) is 6.12. The summed E-state index contributed by atoms with van der Waals surface area (Å²) in [4.78, 5) is 38.3. The molecule has 8 heteroatoms. The van der Waals surface area contributed by atoms with Gasteiger partial charge in [0, 0.05) is 31.2 Å².